The summed E-state index contributed by atoms with van der Waals surface area (Å²) in [4.78, 5) is 13.6. The first-order valence-electron chi connectivity index (χ1n) is 7.49. The lowest BCUT2D eigenvalue weighted by Gasteiger charge is -2.28. The summed E-state index contributed by atoms with van der Waals surface area (Å²) >= 11 is 0. The van der Waals surface area contributed by atoms with Gasteiger partial charge in [-0.05, 0) is 43.1 Å². The molecule has 3 unspecified atom stereocenters. The maximum Gasteiger partial charge on any atom is 0.156 e. The van der Waals surface area contributed by atoms with Gasteiger partial charge >= 0.3 is 0 Å². The molecule has 0 saturated heterocycles. The smallest absolute Gasteiger partial charge is 0.156 e. The molecule has 2 aliphatic carbocycles. The van der Waals surface area contributed by atoms with Crippen LogP contribution in [0.1, 0.15) is 32.6 Å². The molecule has 3 atom stereocenters. The molecular weight excluding hydrogens is 246 g/mol. The van der Waals surface area contributed by atoms with Gasteiger partial charge in [0, 0.05) is 6.21 Å². The maximum atomic E-state index is 4.61. The van der Waals surface area contributed by atoms with Gasteiger partial charge in [0.05, 0.1) is 6.04 Å². The molecule has 3 heteroatoms. The molecular formula is C17H21N3. The molecule has 0 aromatic rings. The molecule has 0 aromatic heterocycles. The minimum atomic E-state index is 0.163. The summed E-state index contributed by atoms with van der Waals surface area (Å²) in [6.07, 6.45) is 19.0. The Morgan fingerprint density at radius 2 is 2.05 bits per heavy atom. The average molecular weight is 267 g/mol. The van der Waals surface area contributed by atoms with E-state index in [0.717, 1.165) is 31.5 Å². The lowest BCUT2D eigenvalue weighted by molar-refractivity contribution is 0.335. The van der Waals surface area contributed by atoms with Crippen LogP contribution in [0, 0.1) is 11.8 Å². The molecule has 3 aliphatic rings. The predicted octanol–water partition coefficient (Wildman–Crippen LogP) is 3.74. The Morgan fingerprint density at radius 1 is 1.15 bits per heavy atom. The highest BCUT2D eigenvalue weighted by Gasteiger charge is 2.26. The zero-order valence-corrected chi connectivity index (χ0v) is 11.9. The van der Waals surface area contributed by atoms with Crippen molar-refractivity contribution in [2.45, 2.75) is 38.6 Å². The first kappa shape index (κ1) is 13.2. The maximum absolute atomic E-state index is 4.61. The highest BCUT2D eigenvalue weighted by atomic mass is 15.0. The average Bonchev–Trinajstić information content (AvgIpc) is 2.75. The van der Waals surface area contributed by atoms with Crippen molar-refractivity contribution in [3.63, 3.8) is 0 Å². The number of amidine groups is 1. The van der Waals surface area contributed by atoms with Crippen molar-refractivity contribution in [2.24, 2.45) is 26.8 Å². The molecule has 0 radical (unpaired) electrons. The van der Waals surface area contributed by atoms with E-state index >= 15 is 0 Å². The Balaban J connectivity index is 1.75. The highest BCUT2D eigenvalue weighted by Crippen LogP contribution is 2.29. The molecule has 104 valence electrons. The summed E-state index contributed by atoms with van der Waals surface area (Å²) in [6.45, 7) is 2.30. The number of nitrogens with zero attached hydrogens (tertiary/aromatic N) is 3. The number of hydrogen-bond donors (Lipinski definition) is 0. The second kappa shape index (κ2) is 6.12. The quantitative estimate of drug-likeness (QED) is 0.683. The third-order valence-electron chi connectivity index (χ3n) is 4.32. The van der Waals surface area contributed by atoms with Crippen LogP contribution in [0.15, 0.2) is 50.9 Å². The molecule has 1 heterocycles. The van der Waals surface area contributed by atoms with Crippen molar-refractivity contribution < 1.29 is 0 Å². The van der Waals surface area contributed by atoms with Crippen LogP contribution in [0.4, 0.5) is 0 Å². The van der Waals surface area contributed by atoms with Gasteiger partial charge in [0.2, 0.25) is 0 Å². The fraction of sp³-hybridized carbons (Fsp3) is 0.471. The Hall–Kier alpha value is -1.77. The van der Waals surface area contributed by atoms with Gasteiger partial charge in [-0.15, -0.1) is 0 Å². The SMILES string of the molecule is CC1CC=CCC1C1C=NC(C2=CC=CCC2)=NC=N1. The van der Waals surface area contributed by atoms with Gasteiger partial charge in [0.25, 0.3) is 0 Å². The monoisotopic (exact) mass is 267 g/mol. The van der Waals surface area contributed by atoms with Gasteiger partial charge in [0.15, 0.2) is 5.84 Å². The zero-order chi connectivity index (χ0) is 13.8. The standard InChI is InChI=1S/C17H21N3/c1-13-7-5-6-10-15(13)16-11-18-17(20-12-19-16)14-8-3-2-4-9-14/h2-3,5-6,8,11-13,15-16H,4,7,9-10H2,1H3. The summed E-state index contributed by atoms with van der Waals surface area (Å²) in [6, 6.07) is 0.163. The van der Waals surface area contributed by atoms with E-state index < -0.39 is 0 Å². The molecule has 3 nitrogen and oxygen atoms in total. The van der Waals surface area contributed by atoms with Crippen LogP contribution in [0.25, 0.3) is 0 Å². The molecule has 1 aliphatic heterocycles. The minimum absolute atomic E-state index is 0.163. The van der Waals surface area contributed by atoms with Gasteiger partial charge in [-0.1, -0.05) is 37.3 Å². The third kappa shape index (κ3) is 2.87. The summed E-state index contributed by atoms with van der Waals surface area (Å²) < 4.78 is 0. The topological polar surface area (TPSA) is 37.1 Å². The van der Waals surface area contributed by atoms with Gasteiger partial charge < -0.3 is 0 Å². The number of rotatable bonds is 2. The Morgan fingerprint density at radius 3 is 2.85 bits per heavy atom. The van der Waals surface area contributed by atoms with Crippen LogP contribution >= 0.6 is 0 Å². The molecule has 3 rings (SSSR count). The minimum Gasteiger partial charge on any atom is -0.264 e. The summed E-state index contributed by atoms with van der Waals surface area (Å²) in [7, 11) is 0. The van der Waals surface area contributed by atoms with Gasteiger partial charge in [-0.2, -0.15) is 0 Å². The van der Waals surface area contributed by atoms with Crippen molar-refractivity contribution in [1.82, 2.24) is 0 Å². The summed E-state index contributed by atoms with van der Waals surface area (Å²) in [5.41, 5.74) is 1.22. The Kier molecular flexibility index (Phi) is 4.05. The van der Waals surface area contributed by atoms with Gasteiger partial charge in [0.1, 0.15) is 6.34 Å². The third-order valence-corrected chi connectivity index (χ3v) is 4.32. The fourth-order valence-electron chi connectivity index (χ4n) is 3.01. The number of hydrogen-bond acceptors (Lipinski definition) is 3. The molecule has 0 spiro atoms. The molecule has 0 aromatic carbocycles. The van der Waals surface area contributed by atoms with Crippen LogP contribution in [-0.4, -0.2) is 24.4 Å². The van der Waals surface area contributed by atoms with Crippen LogP contribution in [0.2, 0.25) is 0 Å². The van der Waals surface area contributed by atoms with Crippen LogP contribution in [0.3, 0.4) is 0 Å². The van der Waals surface area contributed by atoms with E-state index in [1.807, 2.05) is 6.21 Å². The first-order valence-corrected chi connectivity index (χ1v) is 7.49. The van der Waals surface area contributed by atoms with Crippen LogP contribution < -0.4 is 0 Å². The van der Waals surface area contributed by atoms with E-state index in [2.05, 4.69) is 52.3 Å². The second-order valence-electron chi connectivity index (χ2n) is 5.73. The Labute approximate surface area is 120 Å². The second-order valence-corrected chi connectivity index (χ2v) is 5.73. The van der Waals surface area contributed by atoms with Crippen LogP contribution in [0.5, 0.6) is 0 Å². The van der Waals surface area contributed by atoms with Crippen molar-refractivity contribution in [2.75, 3.05) is 0 Å². The van der Waals surface area contributed by atoms with E-state index in [-0.39, 0.29) is 6.04 Å². The fourth-order valence-corrected chi connectivity index (χ4v) is 3.01. The largest absolute Gasteiger partial charge is 0.264 e. The molecule has 0 fully saturated rings. The summed E-state index contributed by atoms with van der Waals surface area (Å²) in [5.74, 6) is 2.04. The number of aliphatic imine (C=N–C) groups is 3. The Bertz CT molecular complexity index is 534. The molecule has 0 N–H and O–H groups in total. The molecule has 0 bridgehead atoms. The lowest BCUT2D eigenvalue weighted by Crippen LogP contribution is -2.27. The van der Waals surface area contributed by atoms with Crippen LogP contribution in [-0.2, 0) is 0 Å². The van der Waals surface area contributed by atoms with E-state index in [1.54, 1.807) is 6.34 Å². The first-order chi connectivity index (χ1) is 9.84. The van der Waals surface area contributed by atoms with Crippen molar-refractivity contribution >= 4 is 18.4 Å². The van der Waals surface area contributed by atoms with E-state index in [1.165, 1.54) is 5.57 Å². The number of allylic oxidation sites excluding steroid dienone is 5. The van der Waals surface area contributed by atoms with Crippen molar-refractivity contribution in [3.05, 3.63) is 36.0 Å². The van der Waals surface area contributed by atoms with E-state index in [0.29, 0.717) is 11.8 Å². The molecule has 0 saturated carbocycles. The zero-order valence-electron chi connectivity index (χ0n) is 11.9. The molecule has 20 heavy (non-hydrogen) atoms. The van der Waals surface area contributed by atoms with Crippen molar-refractivity contribution in [3.8, 4) is 0 Å². The van der Waals surface area contributed by atoms with Crippen molar-refractivity contribution in [1.29, 1.82) is 0 Å². The van der Waals surface area contributed by atoms with E-state index in [4.69, 9.17) is 0 Å². The highest BCUT2D eigenvalue weighted by molar-refractivity contribution is 6.07. The summed E-state index contributed by atoms with van der Waals surface area (Å²) in [5, 5.41) is 0. The molecule has 0 amide bonds. The lowest BCUT2D eigenvalue weighted by atomic mass is 9.80. The van der Waals surface area contributed by atoms with E-state index in [9.17, 15) is 0 Å². The normalized spacial score (nSPS) is 32.8. The van der Waals surface area contributed by atoms with Gasteiger partial charge in [-0.3, -0.25) is 4.99 Å². The predicted molar refractivity (Wildman–Crippen MR) is 85.7 cm³/mol. The van der Waals surface area contributed by atoms with Gasteiger partial charge in [-0.25, -0.2) is 9.98 Å².